The topological polar surface area (TPSA) is 63.2 Å². The molecule has 116 valence electrons. The summed E-state index contributed by atoms with van der Waals surface area (Å²) >= 11 is 11.7. The van der Waals surface area contributed by atoms with Crippen LogP contribution < -0.4 is 5.32 Å². The molecule has 0 spiro atoms. The van der Waals surface area contributed by atoms with Crippen LogP contribution in [0.3, 0.4) is 0 Å². The number of benzene rings is 1. The van der Waals surface area contributed by atoms with Crippen LogP contribution in [0.2, 0.25) is 10.0 Å². The third kappa shape index (κ3) is 4.03. The van der Waals surface area contributed by atoms with Gasteiger partial charge in [0.1, 0.15) is 4.90 Å². The van der Waals surface area contributed by atoms with Crippen molar-refractivity contribution in [2.45, 2.75) is 37.1 Å². The quantitative estimate of drug-likeness (QED) is 0.822. The van der Waals surface area contributed by atoms with Crippen LogP contribution >= 0.6 is 33.9 Å². The highest BCUT2D eigenvalue weighted by molar-refractivity contribution is 8.13. The molecule has 2 unspecified atom stereocenters. The highest BCUT2D eigenvalue weighted by Crippen LogP contribution is 2.33. The molecule has 1 aliphatic rings. The highest BCUT2D eigenvalue weighted by atomic mass is 35.7. The molecule has 2 atom stereocenters. The van der Waals surface area contributed by atoms with E-state index in [9.17, 15) is 13.2 Å². The molecule has 0 aromatic heterocycles. The third-order valence-corrected chi connectivity index (χ3v) is 5.81. The normalized spacial score (nSPS) is 22.3. The van der Waals surface area contributed by atoms with Crippen LogP contribution in [0, 0.1) is 5.92 Å². The molecular weight excluding hydrogens is 357 g/mol. The Balaban J connectivity index is 2.28. The van der Waals surface area contributed by atoms with Crippen molar-refractivity contribution < 1.29 is 13.2 Å². The first-order valence-electron chi connectivity index (χ1n) is 6.43. The SMILES string of the molecule is CC1CCC(NC(=O)c2cc(Cl)c(Cl)c(S(=O)(=O)Cl)c2)C1. The van der Waals surface area contributed by atoms with Gasteiger partial charge in [-0.2, -0.15) is 0 Å². The maximum atomic E-state index is 12.2. The number of hydrogen-bond donors (Lipinski definition) is 1. The van der Waals surface area contributed by atoms with E-state index >= 15 is 0 Å². The van der Waals surface area contributed by atoms with Gasteiger partial charge < -0.3 is 5.32 Å². The van der Waals surface area contributed by atoms with E-state index in [1.807, 2.05) is 0 Å². The molecule has 1 fully saturated rings. The van der Waals surface area contributed by atoms with Crippen LogP contribution in [-0.4, -0.2) is 20.4 Å². The summed E-state index contributed by atoms with van der Waals surface area (Å²) in [6.07, 6.45) is 2.89. The van der Waals surface area contributed by atoms with Crippen LogP contribution in [-0.2, 0) is 9.05 Å². The predicted octanol–water partition coefficient (Wildman–Crippen LogP) is 3.84. The molecule has 0 radical (unpaired) electrons. The molecule has 0 bridgehead atoms. The molecule has 4 nitrogen and oxygen atoms in total. The van der Waals surface area contributed by atoms with Crippen molar-refractivity contribution in [2.24, 2.45) is 5.92 Å². The van der Waals surface area contributed by atoms with Crippen LogP contribution in [0.4, 0.5) is 0 Å². The number of nitrogens with one attached hydrogen (secondary N) is 1. The standard InChI is InChI=1S/C13H14Cl3NO3S/c1-7-2-3-9(4-7)17-13(18)8-5-10(14)12(15)11(6-8)21(16,19)20/h5-7,9H,2-4H2,1H3,(H,17,18). The fourth-order valence-corrected chi connectivity index (χ4v) is 4.24. The minimum atomic E-state index is -4.07. The summed E-state index contributed by atoms with van der Waals surface area (Å²) in [5.74, 6) is 0.192. The van der Waals surface area contributed by atoms with Gasteiger partial charge >= 0.3 is 0 Å². The van der Waals surface area contributed by atoms with Crippen molar-refractivity contribution in [3.63, 3.8) is 0 Å². The van der Waals surface area contributed by atoms with Crippen LogP contribution in [0.5, 0.6) is 0 Å². The Morgan fingerprint density at radius 3 is 2.48 bits per heavy atom. The zero-order valence-corrected chi connectivity index (χ0v) is 14.3. The summed E-state index contributed by atoms with van der Waals surface area (Å²) < 4.78 is 22.9. The minimum absolute atomic E-state index is 0.0247. The fraction of sp³-hybridized carbons (Fsp3) is 0.462. The highest BCUT2D eigenvalue weighted by Gasteiger charge is 2.25. The van der Waals surface area contributed by atoms with Crippen molar-refractivity contribution >= 4 is 48.8 Å². The van der Waals surface area contributed by atoms with Crippen LogP contribution in [0.1, 0.15) is 36.5 Å². The number of amides is 1. The van der Waals surface area contributed by atoms with Crippen molar-refractivity contribution in [1.82, 2.24) is 5.32 Å². The Labute approximate surface area is 138 Å². The first-order chi connectivity index (χ1) is 9.68. The number of halogens is 3. The van der Waals surface area contributed by atoms with Crippen molar-refractivity contribution in [3.8, 4) is 0 Å². The lowest BCUT2D eigenvalue weighted by Gasteiger charge is -2.13. The fourth-order valence-electron chi connectivity index (χ4n) is 2.48. The molecule has 0 saturated heterocycles. The molecule has 1 amide bonds. The number of carbonyl (C=O) groups excluding carboxylic acids is 1. The molecule has 1 N–H and O–H groups in total. The Kier molecular flexibility index (Phi) is 5.08. The van der Waals surface area contributed by atoms with Gasteiger partial charge in [0.05, 0.1) is 10.0 Å². The molecule has 1 aromatic carbocycles. The van der Waals surface area contributed by atoms with E-state index in [4.69, 9.17) is 33.9 Å². The largest absolute Gasteiger partial charge is 0.349 e. The first-order valence-corrected chi connectivity index (χ1v) is 9.49. The molecule has 1 saturated carbocycles. The maximum Gasteiger partial charge on any atom is 0.262 e. The lowest BCUT2D eigenvalue weighted by Crippen LogP contribution is -2.33. The monoisotopic (exact) mass is 369 g/mol. The third-order valence-electron chi connectivity index (χ3n) is 3.55. The van der Waals surface area contributed by atoms with E-state index in [-0.39, 0.29) is 32.5 Å². The molecule has 1 aromatic rings. The van der Waals surface area contributed by atoms with Crippen molar-refractivity contribution in [1.29, 1.82) is 0 Å². The molecule has 1 aliphatic carbocycles. The van der Waals surface area contributed by atoms with Gasteiger partial charge in [0.2, 0.25) is 0 Å². The molecule has 0 aliphatic heterocycles. The number of hydrogen-bond acceptors (Lipinski definition) is 3. The minimum Gasteiger partial charge on any atom is -0.349 e. The van der Waals surface area contributed by atoms with Crippen LogP contribution in [0.25, 0.3) is 0 Å². The van der Waals surface area contributed by atoms with Crippen molar-refractivity contribution in [2.75, 3.05) is 0 Å². The summed E-state index contributed by atoms with van der Waals surface area (Å²) in [4.78, 5) is 11.8. The van der Waals surface area contributed by atoms with Gasteiger partial charge in [0, 0.05) is 22.3 Å². The molecule has 8 heteroatoms. The van der Waals surface area contributed by atoms with E-state index in [0.717, 1.165) is 25.3 Å². The Bertz CT molecular complexity index is 675. The van der Waals surface area contributed by atoms with E-state index in [1.165, 1.54) is 6.07 Å². The summed E-state index contributed by atoms with van der Waals surface area (Å²) in [5.41, 5.74) is 0.128. The Morgan fingerprint density at radius 2 is 1.95 bits per heavy atom. The van der Waals surface area contributed by atoms with Gasteiger partial charge in [-0.3, -0.25) is 4.79 Å². The van der Waals surface area contributed by atoms with E-state index in [0.29, 0.717) is 5.92 Å². The van der Waals surface area contributed by atoms with Gasteiger partial charge in [-0.05, 0) is 37.3 Å². The van der Waals surface area contributed by atoms with Gasteiger partial charge in [0.25, 0.3) is 15.0 Å². The maximum absolute atomic E-state index is 12.2. The smallest absolute Gasteiger partial charge is 0.262 e. The average Bonchev–Trinajstić information content (AvgIpc) is 2.76. The second kappa shape index (κ2) is 6.32. The first kappa shape index (κ1) is 16.9. The second-order valence-corrected chi connectivity index (χ2v) is 8.62. The summed E-state index contributed by atoms with van der Waals surface area (Å²) in [6.45, 7) is 2.13. The summed E-state index contributed by atoms with van der Waals surface area (Å²) in [5, 5.41) is 2.66. The Hall–Kier alpha value is -0.490. The molecule has 0 heterocycles. The number of rotatable bonds is 3. The average molecular weight is 371 g/mol. The molecular formula is C13H14Cl3NO3S. The van der Waals surface area contributed by atoms with E-state index < -0.39 is 9.05 Å². The lowest BCUT2D eigenvalue weighted by atomic mass is 10.1. The predicted molar refractivity (Wildman–Crippen MR) is 83.8 cm³/mol. The lowest BCUT2D eigenvalue weighted by molar-refractivity contribution is 0.0937. The zero-order valence-electron chi connectivity index (χ0n) is 11.2. The Morgan fingerprint density at radius 1 is 1.29 bits per heavy atom. The van der Waals surface area contributed by atoms with E-state index in [2.05, 4.69) is 12.2 Å². The van der Waals surface area contributed by atoms with Gasteiger partial charge in [-0.15, -0.1) is 0 Å². The molecule has 21 heavy (non-hydrogen) atoms. The van der Waals surface area contributed by atoms with E-state index in [1.54, 1.807) is 0 Å². The van der Waals surface area contributed by atoms with Gasteiger partial charge in [0.15, 0.2) is 0 Å². The van der Waals surface area contributed by atoms with Crippen LogP contribution in [0.15, 0.2) is 17.0 Å². The molecule has 2 rings (SSSR count). The summed E-state index contributed by atoms with van der Waals surface area (Å²) in [6, 6.07) is 2.57. The zero-order chi connectivity index (χ0) is 15.8. The second-order valence-electron chi connectivity index (χ2n) is 5.30. The van der Waals surface area contributed by atoms with Crippen molar-refractivity contribution in [3.05, 3.63) is 27.7 Å². The van der Waals surface area contributed by atoms with Gasteiger partial charge in [-0.1, -0.05) is 30.1 Å². The van der Waals surface area contributed by atoms with Gasteiger partial charge in [-0.25, -0.2) is 8.42 Å². The number of carbonyl (C=O) groups is 1. The summed E-state index contributed by atoms with van der Waals surface area (Å²) in [7, 11) is 1.23.